The highest BCUT2D eigenvalue weighted by Crippen LogP contribution is 2.23. The van der Waals surface area contributed by atoms with Gasteiger partial charge in [-0.15, -0.1) is 0 Å². The van der Waals surface area contributed by atoms with Crippen LogP contribution in [0.5, 0.6) is 0 Å². The molecule has 0 bridgehead atoms. The van der Waals surface area contributed by atoms with Gasteiger partial charge in [0.25, 0.3) is 0 Å². The van der Waals surface area contributed by atoms with Crippen molar-refractivity contribution >= 4 is 29.2 Å². The first-order valence-corrected chi connectivity index (χ1v) is 12.4. The predicted molar refractivity (Wildman–Crippen MR) is 136 cm³/mol. The normalized spacial score (nSPS) is 19.0. The van der Waals surface area contributed by atoms with Gasteiger partial charge in [0.15, 0.2) is 0 Å². The molecule has 3 amide bonds. The number of hydrogen-bond acceptors (Lipinski definition) is 4. The molecule has 2 aromatic rings. The van der Waals surface area contributed by atoms with Crippen LogP contribution in [0.1, 0.15) is 30.0 Å². The van der Waals surface area contributed by atoms with Crippen molar-refractivity contribution in [1.29, 1.82) is 0 Å². The van der Waals surface area contributed by atoms with E-state index in [1.807, 2.05) is 36.1 Å². The molecule has 182 valence electrons. The van der Waals surface area contributed by atoms with Gasteiger partial charge in [-0.05, 0) is 75.3 Å². The van der Waals surface area contributed by atoms with Crippen LogP contribution in [0.15, 0.2) is 48.5 Å². The fraction of sp³-hybridized carbons (Fsp3) is 0.462. The van der Waals surface area contributed by atoms with Gasteiger partial charge in [-0.3, -0.25) is 9.69 Å². The molecule has 2 saturated heterocycles. The molecule has 34 heavy (non-hydrogen) atoms. The maximum atomic E-state index is 13.7. The second-order valence-corrected chi connectivity index (χ2v) is 9.73. The Labute approximate surface area is 207 Å². The average molecular weight is 484 g/mol. The molecule has 7 nitrogen and oxygen atoms in total. The summed E-state index contributed by atoms with van der Waals surface area (Å²) in [5.74, 6) is -0.0661. The number of piperidine rings is 1. The second kappa shape index (κ2) is 11.2. The summed E-state index contributed by atoms with van der Waals surface area (Å²) in [7, 11) is 2.18. The Balaban J connectivity index is 1.42. The molecular formula is C26H34ClN5O2. The van der Waals surface area contributed by atoms with E-state index in [1.54, 1.807) is 24.3 Å². The molecule has 0 aromatic heterocycles. The van der Waals surface area contributed by atoms with Crippen molar-refractivity contribution in [2.45, 2.75) is 31.8 Å². The van der Waals surface area contributed by atoms with Crippen LogP contribution in [0.3, 0.4) is 0 Å². The number of urea groups is 1. The van der Waals surface area contributed by atoms with Crippen molar-refractivity contribution in [1.82, 2.24) is 20.0 Å². The van der Waals surface area contributed by atoms with Crippen molar-refractivity contribution in [2.75, 3.05) is 51.6 Å². The number of aryl methyl sites for hydroxylation is 1. The lowest BCUT2D eigenvalue weighted by Crippen LogP contribution is -2.56. The molecule has 1 unspecified atom stereocenters. The molecule has 2 heterocycles. The summed E-state index contributed by atoms with van der Waals surface area (Å²) in [6.45, 7) is 7.32. The minimum absolute atomic E-state index is 0.0661. The summed E-state index contributed by atoms with van der Waals surface area (Å²) >= 11 is 5.94. The van der Waals surface area contributed by atoms with E-state index in [-0.39, 0.29) is 5.91 Å². The zero-order chi connectivity index (χ0) is 24.1. The molecule has 2 N–H and O–H groups in total. The van der Waals surface area contributed by atoms with Gasteiger partial charge in [-0.1, -0.05) is 35.9 Å². The Morgan fingerprint density at radius 1 is 0.941 bits per heavy atom. The minimum Gasteiger partial charge on any atom is -0.338 e. The van der Waals surface area contributed by atoms with Gasteiger partial charge in [0.1, 0.15) is 6.04 Å². The van der Waals surface area contributed by atoms with Gasteiger partial charge in [-0.2, -0.15) is 0 Å². The first-order chi connectivity index (χ1) is 16.4. The molecule has 2 aliphatic rings. The minimum atomic E-state index is -0.747. The summed E-state index contributed by atoms with van der Waals surface area (Å²) < 4.78 is 0. The van der Waals surface area contributed by atoms with E-state index in [0.717, 1.165) is 37.3 Å². The Hall–Kier alpha value is -2.61. The number of amides is 3. The number of anilines is 1. The highest BCUT2D eigenvalue weighted by atomic mass is 35.5. The number of likely N-dealkylation sites (tertiary alicyclic amines) is 1. The summed E-state index contributed by atoms with van der Waals surface area (Å²) in [4.78, 5) is 33.3. The van der Waals surface area contributed by atoms with Gasteiger partial charge >= 0.3 is 6.03 Å². The van der Waals surface area contributed by atoms with Crippen LogP contribution in [0.25, 0.3) is 0 Å². The molecule has 4 rings (SSSR count). The molecule has 2 fully saturated rings. The number of rotatable bonds is 5. The molecule has 0 saturated carbocycles. The molecule has 2 aliphatic heterocycles. The summed E-state index contributed by atoms with van der Waals surface area (Å²) in [5.41, 5.74) is 2.40. The zero-order valence-corrected chi connectivity index (χ0v) is 20.7. The lowest BCUT2D eigenvalue weighted by molar-refractivity contribution is -0.135. The summed E-state index contributed by atoms with van der Waals surface area (Å²) in [6, 6.07) is 14.0. The highest BCUT2D eigenvalue weighted by molar-refractivity contribution is 6.30. The number of benzene rings is 2. The van der Waals surface area contributed by atoms with Gasteiger partial charge in [0.05, 0.1) is 0 Å². The molecule has 1 atom stereocenters. The summed E-state index contributed by atoms with van der Waals surface area (Å²) in [5, 5.41) is 6.32. The molecule has 2 aromatic carbocycles. The maximum Gasteiger partial charge on any atom is 0.320 e. The van der Waals surface area contributed by atoms with E-state index in [0.29, 0.717) is 29.8 Å². The topological polar surface area (TPSA) is 67.9 Å². The number of nitrogens with zero attached hydrogens (tertiary/aromatic N) is 3. The maximum absolute atomic E-state index is 13.7. The first kappa shape index (κ1) is 24.5. The lowest BCUT2D eigenvalue weighted by atomic mass is 9.99. The molecule has 0 aliphatic carbocycles. The van der Waals surface area contributed by atoms with Crippen LogP contribution in [0.2, 0.25) is 5.02 Å². The smallest absolute Gasteiger partial charge is 0.320 e. The Morgan fingerprint density at radius 3 is 2.24 bits per heavy atom. The first-order valence-electron chi connectivity index (χ1n) is 12.0. The van der Waals surface area contributed by atoms with Crippen molar-refractivity contribution in [3.8, 4) is 0 Å². The molecular weight excluding hydrogens is 450 g/mol. The fourth-order valence-electron chi connectivity index (χ4n) is 4.86. The van der Waals surface area contributed by atoms with E-state index in [4.69, 9.17) is 11.6 Å². The highest BCUT2D eigenvalue weighted by Gasteiger charge is 2.33. The van der Waals surface area contributed by atoms with Gasteiger partial charge in [-0.25, -0.2) is 4.79 Å². The van der Waals surface area contributed by atoms with Gasteiger partial charge in [0, 0.05) is 42.9 Å². The van der Waals surface area contributed by atoms with Crippen molar-refractivity contribution < 1.29 is 9.59 Å². The SMILES string of the molecule is Cc1ccccc1C(NC(=O)Nc1ccc(Cl)cc1)C(=O)N1CCN(C2CCN(C)CC2)CC1. The molecule has 0 spiro atoms. The Kier molecular flexibility index (Phi) is 8.08. The third-order valence-corrected chi connectivity index (χ3v) is 7.21. The number of hydrogen-bond donors (Lipinski definition) is 2. The van der Waals surface area contributed by atoms with Crippen molar-refractivity contribution in [3.63, 3.8) is 0 Å². The van der Waals surface area contributed by atoms with E-state index in [2.05, 4.69) is 27.5 Å². The van der Waals surface area contributed by atoms with Crippen LogP contribution >= 0.6 is 11.6 Å². The van der Waals surface area contributed by atoms with Crippen LogP contribution < -0.4 is 10.6 Å². The summed E-state index contributed by atoms with van der Waals surface area (Å²) in [6.07, 6.45) is 2.37. The van der Waals surface area contributed by atoms with Crippen LogP contribution in [0.4, 0.5) is 10.5 Å². The standard InChI is InChI=1S/C26H34ClN5O2/c1-19-5-3-4-6-23(19)24(29-26(34)28-21-9-7-20(27)8-10-21)25(33)32-17-15-31(16-18-32)22-11-13-30(2)14-12-22/h3-10,22,24H,11-18H2,1-2H3,(H2,28,29,34). The largest absolute Gasteiger partial charge is 0.338 e. The average Bonchev–Trinajstić information content (AvgIpc) is 2.85. The zero-order valence-electron chi connectivity index (χ0n) is 20.0. The number of carbonyl (C=O) groups excluding carboxylic acids is 2. The van der Waals surface area contributed by atoms with Crippen molar-refractivity contribution in [3.05, 3.63) is 64.7 Å². The van der Waals surface area contributed by atoms with Crippen LogP contribution in [-0.4, -0.2) is 79.0 Å². The third-order valence-electron chi connectivity index (χ3n) is 6.95. The van der Waals surface area contributed by atoms with Gasteiger partial charge < -0.3 is 20.4 Å². The van der Waals surface area contributed by atoms with Crippen LogP contribution in [-0.2, 0) is 4.79 Å². The molecule has 0 radical (unpaired) electrons. The third kappa shape index (κ3) is 6.09. The number of nitrogens with one attached hydrogen (secondary N) is 2. The monoisotopic (exact) mass is 483 g/mol. The van der Waals surface area contributed by atoms with Crippen LogP contribution in [0, 0.1) is 6.92 Å². The van der Waals surface area contributed by atoms with E-state index < -0.39 is 12.1 Å². The Morgan fingerprint density at radius 2 is 1.59 bits per heavy atom. The quantitative estimate of drug-likeness (QED) is 0.679. The number of halogens is 1. The van der Waals surface area contributed by atoms with E-state index in [9.17, 15) is 9.59 Å². The van der Waals surface area contributed by atoms with E-state index >= 15 is 0 Å². The number of carbonyl (C=O) groups is 2. The van der Waals surface area contributed by atoms with Gasteiger partial charge in [0.2, 0.25) is 5.91 Å². The predicted octanol–water partition coefficient (Wildman–Crippen LogP) is 3.75. The van der Waals surface area contributed by atoms with Crippen molar-refractivity contribution in [2.24, 2.45) is 0 Å². The molecule has 8 heteroatoms. The number of piperazine rings is 1. The lowest BCUT2D eigenvalue weighted by Gasteiger charge is -2.42. The second-order valence-electron chi connectivity index (χ2n) is 9.29. The fourth-order valence-corrected chi connectivity index (χ4v) is 4.99. The van der Waals surface area contributed by atoms with E-state index in [1.165, 1.54) is 12.8 Å². The Bertz CT molecular complexity index is 983.